The van der Waals surface area contributed by atoms with Crippen LogP contribution in [-0.2, 0) is 7.05 Å². The van der Waals surface area contributed by atoms with Crippen LogP contribution < -0.4 is 10.6 Å². The summed E-state index contributed by atoms with van der Waals surface area (Å²) in [5.41, 5.74) is 4.10. The Morgan fingerprint density at radius 1 is 1.19 bits per heavy atom. The average Bonchev–Trinajstić information content (AvgIpc) is 3.14. The van der Waals surface area contributed by atoms with Gasteiger partial charge < -0.3 is 10.6 Å². The first-order chi connectivity index (χ1) is 12.8. The molecule has 1 spiro atoms. The van der Waals surface area contributed by atoms with Crippen molar-refractivity contribution in [2.75, 3.05) is 25.0 Å². The number of hydrogen-bond donors (Lipinski definition) is 2. The Morgan fingerprint density at radius 3 is 2.48 bits per heavy atom. The summed E-state index contributed by atoms with van der Waals surface area (Å²) in [6.07, 6.45) is 5.76. The van der Waals surface area contributed by atoms with E-state index in [1.165, 1.54) is 19.3 Å². The van der Waals surface area contributed by atoms with Crippen LogP contribution in [0.25, 0.3) is 11.4 Å². The van der Waals surface area contributed by atoms with Gasteiger partial charge in [0, 0.05) is 13.6 Å². The van der Waals surface area contributed by atoms with Crippen molar-refractivity contribution < 1.29 is 0 Å². The molecule has 2 aromatic heterocycles. The maximum absolute atomic E-state index is 4.45. The van der Waals surface area contributed by atoms with E-state index in [2.05, 4.69) is 53.6 Å². The number of anilines is 1. The molecule has 1 aliphatic heterocycles. The molecule has 0 bridgehead atoms. The highest BCUT2D eigenvalue weighted by molar-refractivity contribution is 5.59. The second-order valence-corrected chi connectivity index (χ2v) is 9.50. The SMILES string of the molecule is Cc1cnn(C)c1-c1ccc(NCC2(C(C)(C)C)CC23CCNCC3)nn1. The standard InChI is InChI=1S/C21H32N6/c1-15-12-24-27(5)18(15)16-6-7-17(26-25-16)23-14-21(19(2,3)4)13-20(21)8-10-22-11-9-20/h6-7,12,22H,8-11,13-14H2,1-5H3,(H,23,26). The molecule has 0 aromatic carbocycles. The van der Waals surface area contributed by atoms with Crippen LogP contribution in [0.3, 0.4) is 0 Å². The minimum absolute atomic E-state index is 0.274. The molecular formula is C21H32N6. The van der Waals surface area contributed by atoms with Gasteiger partial charge in [-0.2, -0.15) is 5.10 Å². The Bertz CT molecular complexity index is 791. The molecule has 6 heteroatoms. The Hall–Kier alpha value is -1.95. The first-order valence-electron chi connectivity index (χ1n) is 10.1. The Balaban J connectivity index is 1.49. The van der Waals surface area contributed by atoms with Crippen molar-refractivity contribution in [2.45, 2.75) is 47.0 Å². The summed E-state index contributed by atoms with van der Waals surface area (Å²) >= 11 is 0. The molecule has 27 heavy (non-hydrogen) atoms. The summed E-state index contributed by atoms with van der Waals surface area (Å²) in [7, 11) is 1.94. The van der Waals surface area contributed by atoms with Crippen molar-refractivity contribution >= 4 is 5.82 Å². The Labute approximate surface area is 162 Å². The van der Waals surface area contributed by atoms with Crippen molar-refractivity contribution in [1.82, 2.24) is 25.3 Å². The van der Waals surface area contributed by atoms with Gasteiger partial charge in [-0.3, -0.25) is 4.68 Å². The van der Waals surface area contributed by atoms with Gasteiger partial charge in [0.05, 0.1) is 11.9 Å². The monoisotopic (exact) mass is 368 g/mol. The summed E-state index contributed by atoms with van der Waals surface area (Å²) < 4.78 is 1.85. The summed E-state index contributed by atoms with van der Waals surface area (Å²) in [5, 5.41) is 20.3. The molecule has 1 aliphatic carbocycles. The van der Waals surface area contributed by atoms with Crippen molar-refractivity contribution in [2.24, 2.45) is 23.3 Å². The largest absolute Gasteiger partial charge is 0.368 e. The molecule has 2 aromatic rings. The highest BCUT2D eigenvalue weighted by Gasteiger charge is 2.70. The molecule has 0 radical (unpaired) electrons. The van der Waals surface area contributed by atoms with Crippen LogP contribution >= 0.6 is 0 Å². The lowest BCUT2D eigenvalue weighted by Gasteiger charge is -2.39. The van der Waals surface area contributed by atoms with Crippen LogP contribution in [0.1, 0.15) is 45.6 Å². The van der Waals surface area contributed by atoms with Crippen LogP contribution in [-0.4, -0.2) is 39.6 Å². The van der Waals surface area contributed by atoms with E-state index in [1.54, 1.807) is 0 Å². The smallest absolute Gasteiger partial charge is 0.148 e. The van der Waals surface area contributed by atoms with Gasteiger partial charge in [-0.25, -0.2) is 0 Å². The fourth-order valence-corrected chi connectivity index (χ4v) is 5.38. The molecule has 2 N–H and O–H groups in total. The minimum Gasteiger partial charge on any atom is -0.368 e. The molecule has 4 rings (SSSR count). The summed E-state index contributed by atoms with van der Waals surface area (Å²) in [6, 6.07) is 4.08. The van der Waals surface area contributed by atoms with Gasteiger partial charge >= 0.3 is 0 Å². The van der Waals surface area contributed by atoms with Gasteiger partial charge in [0.1, 0.15) is 11.5 Å². The fraction of sp³-hybridized carbons (Fsp3) is 0.667. The summed E-state index contributed by atoms with van der Waals surface area (Å²) in [4.78, 5) is 0. The number of nitrogens with zero attached hydrogens (tertiary/aromatic N) is 4. The van der Waals surface area contributed by atoms with E-state index in [0.29, 0.717) is 10.8 Å². The molecule has 6 nitrogen and oxygen atoms in total. The van der Waals surface area contributed by atoms with Gasteiger partial charge in [0.2, 0.25) is 0 Å². The second kappa shape index (κ2) is 6.30. The maximum atomic E-state index is 4.45. The van der Waals surface area contributed by atoms with E-state index < -0.39 is 0 Å². The van der Waals surface area contributed by atoms with E-state index >= 15 is 0 Å². The van der Waals surface area contributed by atoms with Crippen molar-refractivity contribution in [3.63, 3.8) is 0 Å². The van der Waals surface area contributed by atoms with Gasteiger partial charge in [0.15, 0.2) is 0 Å². The second-order valence-electron chi connectivity index (χ2n) is 9.50. The zero-order valence-corrected chi connectivity index (χ0v) is 17.3. The van der Waals surface area contributed by atoms with Crippen molar-refractivity contribution in [1.29, 1.82) is 0 Å². The maximum Gasteiger partial charge on any atom is 0.148 e. The van der Waals surface area contributed by atoms with Gasteiger partial charge in [0.25, 0.3) is 0 Å². The number of aromatic nitrogens is 4. The summed E-state index contributed by atoms with van der Waals surface area (Å²) in [6.45, 7) is 12.5. The van der Waals surface area contributed by atoms with E-state index in [4.69, 9.17) is 0 Å². The lowest BCUT2D eigenvalue weighted by molar-refractivity contribution is 0.138. The van der Waals surface area contributed by atoms with Gasteiger partial charge in [-0.15, -0.1) is 10.2 Å². The van der Waals surface area contributed by atoms with Crippen molar-refractivity contribution in [3.05, 3.63) is 23.9 Å². The number of aryl methyl sites for hydroxylation is 2. The molecule has 3 heterocycles. The molecule has 2 fully saturated rings. The van der Waals surface area contributed by atoms with E-state index in [0.717, 1.165) is 42.4 Å². The molecule has 1 unspecified atom stereocenters. The zero-order valence-electron chi connectivity index (χ0n) is 17.3. The quantitative estimate of drug-likeness (QED) is 0.866. The lowest BCUT2D eigenvalue weighted by atomic mass is 9.69. The van der Waals surface area contributed by atoms with Crippen LogP contribution in [0.2, 0.25) is 0 Å². The van der Waals surface area contributed by atoms with Gasteiger partial charge in [-0.1, -0.05) is 20.8 Å². The number of nitrogens with one attached hydrogen (secondary N) is 2. The number of piperidine rings is 1. The third-order valence-corrected chi connectivity index (χ3v) is 7.13. The van der Waals surface area contributed by atoms with E-state index in [-0.39, 0.29) is 5.41 Å². The first-order valence-corrected chi connectivity index (χ1v) is 10.1. The molecule has 1 saturated heterocycles. The van der Waals surface area contributed by atoms with E-state index in [1.807, 2.05) is 30.1 Å². The molecule has 146 valence electrons. The number of hydrogen-bond acceptors (Lipinski definition) is 5. The van der Waals surface area contributed by atoms with Crippen molar-refractivity contribution in [3.8, 4) is 11.4 Å². The van der Waals surface area contributed by atoms with Crippen LogP contribution in [0.4, 0.5) is 5.82 Å². The summed E-state index contributed by atoms with van der Waals surface area (Å²) in [5.74, 6) is 0.859. The van der Waals surface area contributed by atoms with Crippen LogP contribution in [0.15, 0.2) is 18.3 Å². The molecule has 1 atom stereocenters. The van der Waals surface area contributed by atoms with Crippen LogP contribution in [0.5, 0.6) is 0 Å². The van der Waals surface area contributed by atoms with Gasteiger partial charge in [-0.05, 0) is 73.2 Å². The van der Waals surface area contributed by atoms with Crippen LogP contribution in [0, 0.1) is 23.2 Å². The molecule has 1 saturated carbocycles. The Kier molecular flexibility index (Phi) is 4.29. The topological polar surface area (TPSA) is 67.7 Å². The molecule has 2 aliphatic rings. The fourth-order valence-electron chi connectivity index (χ4n) is 5.38. The minimum atomic E-state index is 0.274. The predicted molar refractivity (Wildman–Crippen MR) is 109 cm³/mol. The highest BCUT2D eigenvalue weighted by atomic mass is 15.3. The molecular weight excluding hydrogens is 336 g/mol. The number of rotatable bonds is 4. The van der Waals surface area contributed by atoms with E-state index in [9.17, 15) is 0 Å². The first kappa shape index (κ1) is 18.4. The normalized spacial score (nSPS) is 24.2. The zero-order chi connectivity index (χ0) is 19.3. The third-order valence-electron chi connectivity index (χ3n) is 7.13. The third kappa shape index (κ3) is 2.94. The predicted octanol–water partition coefficient (Wildman–Crippen LogP) is 3.40. The lowest BCUT2D eigenvalue weighted by Crippen LogP contribution is -2.40. The average molecular weight is 369 g/mol. The highest BCUT2D eigenvalue weighted by Crippen LogP contribution is 2.75. The Morgan fingerprint density at radius 2 is 1.93 bits per heavy atom. The molecule has 0 amide bonds.